The molecule has 0 aromatic heterocycles. The van der Waals surface area contributed by atoms with Crippen LogP contribution in [0.25, 0.3) is 0 Å². The first-order valence-corrected chi connectivity index (χ1v) is 6.95. The summed E-state index contributed by atoms with van der Waals surface area (Å²) >= 11 is 0. The number of hydrogen-bond acceptors (Lipinski definition) is 3. The zero-order valence-electron chi connectivity index (χ0n) is 11.4. The van der Waals surface area contributed by atoms with Crippen LogP contribution in [0, 0.1) is 11.3 Å². The van der Waals surface area contributed by atoms with Crippen molar-refractivity contribution < 1.29 is 9.31 Å². The van der Waals surface area contributed by atoms with Gasteiger partial charge in [-0.05, 0) is 25.6 Å². The highest BCUT2D eigenvalue weighted by Gasteiger charge is 2.16. The second kappa shape index (κ2) is 13.5. The first-order chi connectivity index (χ1) is 8.35. The predicted molar refractivity (Wildman–Crippen MR) is 71.7 cm³/mol. The van der Waals surface area contributed by atoms with E-state index in [0.717, 1.165) is 58.1 Å². The molecule has 0 aromatic rings. The third-order valence-electron chi connectivity index (χ3n) is 2.58. The van der Waals surface area contributed by atoms with Gasteiger partial charge in [0.15, 0.2) is 0 Å². The molecule has 0 unspecified atom stereocenters. The Morgan fingerprint density at radius 3 is 2.00 bits per heavy atom. The van der Waals surface area contributed by atoms with Gasteiger partial charge in [-0.1, -0.05) is 33.1 Å². The van der Waals surface area contributed by atoms with Crippen LogP contribution < -0.4 is 0 Å². The molecule has 0 bridgehead atoms. The van der Waals surface area contributed by atoms with E-state index in [-0.39, 0.29) is 7.12 Å². The van der Waals surface area contributed by atoms with E-state index in [1.807, 2.05) is 0 Å². The molecule has 0 heterocycles. The summed E-state index contributed by atoms with van der Waals surface area (Å²) in [5, 5.41) is 8.47. The van der Waals surface area contributed by atoms with E-state index in [0.29, 0.717) is 6.42 Å². The average Bonchev–Trinajstić information content (AvgIpc) is 2.34. The van der Waals surface area contributed by atoms with Crippen LogP contribution >= 0.6 is 0 Å². The predicted octanol–water partition coefficient (Wildman–Crippen LogP) is 3.80. The maximum Gasteiger partial charge on any atom is 0.456 e. The first kappa shape index (κ1) is 16.5. The van der Waals surface area contributed by atoms with Crippen LogP contribution in [0.5, 0.6) is 0 Å². The Hall–Kier alpha value is -0.525. The fourth-order valence-corrected chi connectivity index (χ4v) is 1.45. The molecule has 0 aliphatic carbocycles. The fraction of sp³-hybridized carbons (Fsp3) is 0.923. The van der Waals surface area contributed by atoms with Gasteiger partial charge in [0.05, 0.1) is 6.07 Å². The molecule has 0 rings (SSSR count). The minimum absolute atomic E-state index is 0.0632. The molecule has 0 saturated carbocycles. The van der Waals surface area contributed by atoms with E-state index in [1.54, 1.807) is 0 Å². The lowest BCUT2D eigenvalue weighted by molar-refractivity contribution is 0.190. The van der Waals surface area contributed by atoms with E-state index in [9.17, 15) is 0 Å². The van der Waals surface area contributed by atoms with Crippen molar-refractivity contribution >= 4 is 7.12 Å². The zero-order valence-corrected chi connectivity index (χ0v) is 11.4. The minimum atomic E-state index is -0.0632. The Kier molecular flexibility index (Phi) is 13.1. The molecule has 17 heavy (non-hydrogen) atoms. The number of nitrogens with zero attached hydrogens (tertiary/aromatic N) is 1. The Morgan fingerprint density at radius 2 is 1.53 bits per heavy atom. The summed E-state index contributed by atoms with van der Waals surface area (Å²) in [6.07, 6.45) is 7.98. The van der Waals surface area contributed by atoms with Gasteiger partial charge in [0.25, 0.3) is 0 Å². The lowest BCUT2D eigenvalue weighted by atomic mass is 9.81. The van der Waals surface area contributed by atoms with Gasteiger partial charge in [-0.25, -0.2) is 0 Å². The van der Waals surface area contributed by atoms with E-state index >= 15 is 0 Å². The first-order valence-electron chi connectivity index (χ1n) is 6.95. The molecule has 3 nitrogen and oxygen atoms in total. The Labute approximate surface area is 107 Å². The smallest absolute Gasteiger partial charge is 0.411 e. The van der Waals surface area contributed by atoms with Crippen molar-refractivity contribution in [3.05, 3.63) is 0 Å². The van der Waals surface area contributed by atoms with Gasteiger partial charge in [-0.15, -0.1) is 0 Å². The van der Waals surface area contributed by atoms with Crippen LogP contribution in [-0.2, 0) is 9.31 Å². The van der Waals surface area contributed by atoms with E-state index in [1.165, 1.54) is 0 Å². The Balaban J connectivity index is 3.64. The minimum Gasteiger partial charge on any atom is -0.411 e. The second-order valence-electron chi connectivity index (χ2n) is 4.28. The summed E-state index contributed by atoms with van der Waals surface area (Å²) in [5.41, 5.74) is 0. The Morgan fingerprint density at radius 1 is 0.941 bits per heavy atom. The van der Waals surface area contributed by atoms with Crippen LogP contribution in [0.3, 0.4) is 0 Å². The van der Waals surface area contributed by atoms with Crippen molar-refractivity contribution in [2.45, 2.75) is 65.1 Å². The van der Waals surface area contributed by atoms with Crippen molar-refractivity contribution in [2.75, 3.05) is 13.2 Å². The highest BCUT2D eigenvalue weighted by molar-refractivity contribution is 6.44. The second-order valence-corrected chi connectivity index (χ2v) is 4.28. The van der Waals surface area contributed by atoms with Crippen molar-refractivity contribution in [1.82, 2.24) is 0 Å². The summed E-state index contributed by atoms with van der Waals surface area (Å²) in [4.78, 5) is 0. The zero-order chi connectivity index (χ0) is 12.8. The number of hydrogen-bond donors (Lipinski definition) is 0. The van der Waals surface area contributed by atoms with Crippen LogP contribution in [-0.4, -0.2) is 20.3 Å². The molecule has 0 saturated heterocycles. The molecule has 0 amide bonds. The van der Waals surface area contributed by atoms with Crippen molar-refractivity contribution in [3.8, 4) is 6.07 Å². The molecule has 0 spiro atoms. The third kappa shape index (κ3) is 11.7. The topological polar surface area (TPSA) is 42.2 Å². The summed E-state index contributed by atoms with van der Waals surface area (Å²) in [6.45, 7) is 5.88. The van der Waals surface area contributed by atoms with Crippen LogP contribution in [0.1, 0.15) is 58.8 Å². The van der Waals surface area contributed by atoms with Gasteiger partial charge < -0.3 is 9.31 Å². The molecule has 0 N–H and O–H groups in total. The third-order valence-corrected chi connectivity index (χ3v) is 2.58. The molecule has 0 fully saturated rings. The highest BCUT2D eigenvalue weighted by atomic mass is 16.6. The van der Waals surface area contributed by atoms with Gasteiger partial charge in [0, 0.05) is 19.6 Å². The van der Waals surface area contributed by atoms with Gasteiger partial charge in [0.2, 0.25) is 0 Å². The normalized spacial score (nSPS) is 10.2. The van der Waals surface area contributed by atoms with E-state index in [4.69, 9.17) is 14.6 Å². The molecule has 0 aliphatic rings. The SMILES string of the molecule is CCCCOB(CCCCC#N)OCCCC. The van der Waals surface area contributed by atoms with Gasteiger partial charge in [0.1, 0.15) is 0 Å². The number of nitriles is 1. The van der Waals surface area contributed by atoms with Crippen molar-refractivity contribution in [1.29, 1.82) is 5.26 Å². The standard InChI is InChI=1S/C13H26BNO2/c1-3-5-12-16-14(17-13-6-4-2)10-8-7-9-11-15/h3-10,12-13H2,1-2H3. The maximum absolute atomic E-state index is 8.47. The van der Waals surface area contributed by atoms with Crippen molar-refractivity contribution in [2.24, 2.45) is 0 Å². The van der Waals surface area contributed by atoms with Crippen LogP contribution in [0.4, 0.5) is 0 Å². The van der Waals surface area contributed by atoms with Crippen molar-refractivity contribution in [3.63, 3.8) is 0 Å². The van der Waals surface area contributed by atoms with Gasteiger partial charge >= 0.3 is 7.12 Å². The summed E-state index contributed by atoms with van der Waals surface area (Å²) < 4.78 is 11.4. The molecular formula is C13H26BNO2. The quantitative estimate of drug-likeness (QED) is 0.384. The Bertz CT molecular complexity index is 184. The molecule has 0 aromatic carbocycles. The van der Waals surface area contributed by atoms with E-state index < -0.39 is 0 Å². The lowest BCUT2D eigenvalue weighted by Gasteiger charge is -2.14. The summed E-state index contributed by atoms with van der Waals surface area (Å²) in [5.74, 6) is 0. The van der Waals surface area contributed by atoms with E-state index in [2.05, 4.69) is 19.9 Å². The number of unbranched alkanes of at least 4 members (excludes halogenated alkanes) is 4. The monoisotopic (exact) mass is 239 g/mol. The van der Waals surface area contributed by atoms with Crippen LogP contribution in [0.15, 0.2) is 0 Å². The maximum atomic E-state index is 8.47. The van der Waals surface area contributed by atoms with Gasteiger partial charge in [-0.3, -0.25) is 0 Å². The molecule has 4 heteroatoms. The fourth-order valence-electron chi connectivity index (χ4n) is 1.45. The highest BCUT2D eigenvalue weighted by Crippen LogP contribution is 2.08. The molecule has 0 radical (unpaired) electrons. The molecular weight excluding hydrogens is 213 g/mol. The molecule has 0 aliphatic heterocycles. The average molecular weight is 239 g/mol. The van der Waals surface area contributed by atoms with Crippen LogP contribution in [0.2, 0.25) is 6.32 Å². The van der Waals surface area contributed by atoms with Gasteiger partial charge in [-0.2, -0.15) is 5.26 Å². The molecule has 98 valence electrons. The number of rotatable bonds is 12. The summed E-state index contributed by atoms with van der Waals surface area (Å²) in [6, 6.07) is 2.16. The molecule has 0 atom stereocenters. The summed E-state index contributed by atoms with van der Waals surface area (Å²) in [7, 11) is -0.0632. The lowest BCUT2D eigenvalue weighted by Crippen LogP contribution is -2.24. The largest absolute Gasteiger partial charge is 0.456 e.